The zero-order chi connectivity index (χ0) is 49.9. The maximum absolute atomic E-state index is 13.0. The van der Waals surface area contributed by atoms with Gasteiger partial charge in [-0.2, -0.15) is 0 Å². The second-order valence-corrected chi connectivity index (χ2v) is 19.5. The van der Waals surface area contributed by atoms with Crippen LogP contribution in [0.5, 0.6) is 0 Å². The molecular formula is C47H82O18P2. The largest absolute Gasteiger partial charge is 0.472 e. The number of hydrogen-bond acceptors (Lipinski definition) is 15. The Morgan fingerprint density at radius 2 is 1.04 bits per heavy atom. The summed E-state index contributed by atoms with van der Waals surface area (Å²) in [6, 6.07) is 0. The topological polar surface area (TPSA) is 296 Å². The Morgan fingerprint density at radius 1 is 0.552 bits per heavy atom. The van der Waals surface area contributed by atoms with Gasteiger partial charge in [-0.1, -0.05) is 145 Å². The van der Waals surface area contributed by atoms with E-state index < -0.39 is 95.7 Å². The number of allylic oxidation sites excluding steroid dienone is 8. The zero-order valence-corrected chi connectivity index (χ0v) is 41.3. The van der Waals surface area contributed by atoms with Crippen LogP contribution in [0.2, 0.25) is 0 Å². The van der Waals surface area contributed by atoms with E-state index in [2.05, 4.69) is 30.5 Å². The SMILES string of the molecule is CCCCCCCC/C=C\CCCCCCCC(=O)O[C@H](COC(=O)CCC[C@@H](O)/C=C/C=C\C/C=C\C=C\[C@@H](O)CCCCC)COP(=O)(O)O[C@H]1C(O)C(O)C(O)[C@@H](OP(=O)(O)O)C1O. The first-order valence-corrected chi connectivity index (χ1v) is 27.1. The van der Waals surface area contributed by atoms with Gasteiger partial charge in [-0.15, -0.1) is 0 Å². The van der Waals surface area contributed by atoms with Crippen molar-refractivity contribution in [2.45, 2.75) is 210 Å². The van der Waals surface area contributed by atoms with Crippen LogP contribution in [0.3, 0.4) is 0 Å². The van der Waals surface area contributed by atoms with Crippen LogP contribution in [-0.2, 0) is 41.8 Å². The molecule has 1 fully saturated rings. The Balaban J connectivity index is 2.70. The molecule has 1 aliphatic rings. The molecule has 20 heteroatoms. The number of esters is 2. The summed E-state index contributed by atoms with van der Waals surface area (Å²) in [6.45, 7) is 2.80. The highest BCUT2D eigenvalue weighted by molar-refractivity contribution is 7.47. The van der Waals surface area contributed by atoms with Gasteiger partial charge in [0, 0.05) is 12.8 Å². The molecule has 1 aliphatic carbocycles. The lowest BCUT2D eigenvalue weighted by molar-refractivity contribution is -0.216. The molecule has 0 aromatic heterocycles. The fraction of sp³-hybridized carbons (Fsp3) is 0.745. The summed E-state index contributed by atoms with van der Waals surface area (Å²) in [5.74, 6) is -1.45. The van der Waals surface area contributed by atoms with Crippen molar-refractivity contribution in [1.82, 2.24) is 0 Å². The molecule has 9 N–H and O–H groups in total. The number of phosphoric acid groups is 2. The van der Waals surface area contributed by atoms with Gasteiger partial charge in [0.2, 0.25) is 0 Å². The highest BCUT2D eigenvalue weighted by Crippen LogP contribution is 2.49. The number of hydrogen-bond donors (Lipinski definition) is 9. The van der Waals surface area contributed by atoms with Crippen LogP contribution in [0, 0.1) is 0 Å². The number of aliphatic hydroxyl groups excluding tert-OH is 6. The lowest BCUT2D eigenvalue weighted by Gasteiger charge is -2.43. The summed E-state index contributed by atoms with van der Waals surface area (Å²) in [4.78, 5) is 54.3. The molecule has 1 saturated carbocycles. The second kappa shape index (κ2) is 37.4. The van der Waals surface area contributed by atoms with Gasteiger partial charge in [0.25, 0.3) is 0 Å². The first-order valence-electron chi connectivity index (χ1n) is 24.1. The Labute approximate surface area is 397 Å². The van der Waals surface area contributed by atoms with Gasteiger partial charge < -0.3 is 54.8 Å². The fourth-order valence-corrected chi connectivity index (χ4v) is 8.48. The van der Waals surface area contributed by atoms with E-state index >= 15 is 0 Å². The van der Waals surface area contributed by atoms with Crippen LogP contribution in [0.1, 0.15) is 155 Å². The maximum Gasteiger partial charge on any atom is 0.472 e. The van der Waals surface area contributed by atoms with Crippen LogP contribution in [0.15, 0.2) is 60.8 Å². The quantitative estimate of drug-likeness (QED) is 0.00984. The van der Waals surface area contributed by atoms with E-state index in [-0.39, 0.29) is 25.7 Å². The first kappa shape index (κ1) is 62.6. The molecule has 388 valence electrons. The van der Waals surface area contributed by atoms with Gasteiger partial charge in [0.05, 0.1) is 18.8 Å². The van der Waals surface area contributed by atoms with Crippen molar-refractivity contribution in [2.75, 3.05) is 13.2 Å². The third-order valence-electron chi connectivity index (χ3n) is 10.8. The highest BCUT2D eigenvalue weighted by Gasteiger charge is 2.54. The van der Waals surface area contributed by atoms with Crippen molar-refractivity contribution in [2.24, 2.45) is 0 Å². The van der Waals surface area contributed by atoms with Gasteiger partial charge in [-0.3, -0.25) is 23.2 Å². The fourth-order valence-electron chi connectivity index (χ4n) is 6.94. The molecule has 1 rings (SSSR count). The Kier molecular flexibility index (Phi) is 35.0. The molecule has 0 saturated heterocycles. The molecule has 0 aliphatic heterocycles. The lowest BCUT2D eigenvalue weighted by Crippen LogP contribution is -2.64. The highest BCUT2D eigenvalue weighted by atomic mass is 31.2. The Morgan fingerprint density at radius 3 is 1.61 bits per heavy atom. The monoisotopic (exact) mass is 996 g/mol. The molecule has 67 heavy (non-hydrogen) atoms. The van der Waals surface area contributed by atoms with Gasteiger partial charge in [0.1, 0.15) is 43.2 Å². The van der Waals surface area contributed by atoms with E-state index in [1.54, 1.807) is 24.3 Å². The summed E-state index contributed by atoms with van der Waals surface area (Å²) in [6.07, 6.45) is 20.9. The third-order valence-corrected chi connectivity index (χ3v) is 12.3. The molecule has 5 unspecified atom stereocenters. The van der Waals surface area contributed by atoms with Crippen molar-refractivity contribution in [1.29, 1.82) is 0 Å². The van der Waals surface area contributed by atoms with E-state index in [0.29, 0.717) is 12.8 Å². The van der Waals surface area contributed by atoms with Crippen LogP contribution in [0.25, 0.3) is 0 Å². The number of phosphoric ester groups is 2. The number of ether oxygens (including phenoxy) is 2. The zero-order valence-electron chi connectivity index (χ0n) is 39.5. The Bertz CT molecular complexity index is 1560. The molecule has 0 bridgehead atoms. The van der Waals surface area contributed by atoms with Crippen molar-refractivity contribution in [3.8, 4) is 0 Å². The minimum Gasteiger partial charge on any atom is -0.462 e. The summed E-state index contributed by atoms with van der Waals surface area (Å²) in [5.41, 5.74) is 0. The normalized spacial score (nSPS) is 22.9. The average Bonchev–Trinajstić information content (AvgIpc) is 3.27. The van der Waals surface area contributed by atoms with E-state index in [0.717, 1.165) is 64.2 Å². The summed E-state index contributed by atoms with van der Waals surface area (Å²) >= 11 is 0. The van der Waals surface area contributed by atoms with Crippen molar-refractivity contribution in [3.63, 3.8) is 0 Å². The van der Waals surface area contributed by atoms with Crippen molar-refractivity contribution >= 4 is 27.6 Å². The molecule has 0 aromatic carbocycles. The first-order chi connectivity index (χ1) is 31.9. The van der Waals surface area contributed by atoms with Crippen LogP contribution in [-0.4, -0.2) is 125 Å². The maximum atomic E-state index is 13.0. The van der Waals surface area contributed by atoms with Gasteiger partial charge in [-0.25, -0.2) is 9.13 Å². The van der Waals surface area contributed by atoms with Gasteiger partial charge in [0.15, 0.2) is 6.10 Å². The number of aliphatic hydroxyl groups is 6. The number of carbonyl (C=O) groups is 2. The van der Waals surface area contributed by atoms with Crippen LogP contribution >= 0.6 is 15.6 Å². The summed E-state index contributed by atoms with van der Waals surface area (Å²) in [5, 5.41) is 61.5. The molecule has 0 spiro atoms. The molecule has 18 nitrogen and oxygen atoms in total. The van der Waals surface area contributed by atoms with Crippen molar-refractivity contribution in [3.05, 3.63) is 60.8 Å². The van der Waals surface area contributed by atoms with Crippen LogP contribution < -0.4 is 0 Å². The predicted octanol–water partition coefficient (Wildman–Crippen LogP) is 7.00. The van der Waals surface area contributed by atoms with Crippen LogP contribution in [0.4, 0.5) is 0 Å². The molecule has 0 radical (unpaired) electrons. The van der Waals surface area contributed by atoms with Crippen molar-refractivity contribution < 1.29 is 87.1 Å². The third kappa shape index (κ3) is 32.2. The smallest absolute Gasteiger partial charge is 0.462 e. The van der Waals surface area contributed by atoms with Gasteiger partial charge >= 0.3 is 27.6 Å². The second-order valence-electron chi connectivity index (χ2n) is 16.9. The molecule has 0 aromatic rings. The standard InChI is InChI=1S/C47H82O18P2/c1-3-5-7-8-9-10-11-12-13-14-15-16-20-23-27-33-41(51)63-39(36-62-67(59,60)65-47-44(54)42(52)43(53)46(45(47)55)64-66(56,57)58)35-61-40(50)34-28-32-38(49)31-26-22-19-17-18-21-25-30-37(48)29-24-6-4-2/h12-13,18-19,21-22,25-26,30-31,37-39,42-49,52-55H,3-11,14-17,20,23-24,27-29,32-36H2,1-2H3,(H,59,60)(H2,56,57,58)/b13-12-,21-18-,22-19-,30-25+,31-26+/t37-,38-,39+,42?,43?,44?,45?,46+,47-/m0/s1. The minimum absolute atomic E-state index is 0.0174. The van der Waals surface area contributed by atoms with E-state index in [4.69, 9.17) is 18.5 Å². The summed E-state index contributed by atoms with van der Waals surface area (Å²) < 4.78 is 49.2. The number of rotatable bonds is 39. The number of carbonyl (C=O) groups excluding carboxylic acids is 2. The summed E-state index contributed by atoms with van der Waals surface area (Å²) in [7, 11) is -10.8. The van der Waals surface area contributed by atoms with E-state index in [1.165, 1.54) is 38.5 Å². The Hall–Kier alpha value is -2.38. The molecule has 0 heterocycles. The van der Waals surface area contributed by atoms with Gasteiger partial charge in [-0.05, 0) is 57.8 Å². The average molecular weight is 997 g/mol. The molecular weight excluding hydrogens is 914 g/mol. The number of unbranched alkanes of at least 4 members (excludes halogenated alkanes) is 13. The molecule has 10 atom stereocenters. The predicted molar refractivity (Wildman–Crippen MR) is 253 cm³/mol. The lowest BCUT2D eigenvalue weighted by atomic mass is 9.85. The molecule has 0 amide bonds. The van der Waals surface area contributed by atoms with E-state index in [1.807, 2.05) is 24.3 Å². The minimum atomic E-state index is -5.39. The van der Waals surface area contributed by atoms with E-state index in [9.17, 15) is 64.0 Å².